The quantitative estimate of drug-likeness (QED) is 0.849. The van der Waals surface area contributed by atoms with Gasteiger partial charge in [-0.05, 0) is 24.6 Å². The molecule has 1 aromatic carbocycles. The normalized spacial score (nSPS) is 10.4. The summed E-state index contributed by atoms with van der Waals surface area (Å²) in [6.45, 7) is 2.95. The molecule has 2 rings (SSSR count). The van der Waals surface area contributed by atoms with Crippen molar-refractivity contribution in [1.29, 1.82) is 0 Å². The van der Waals surface area contributed by atoms with E-state index < -0.39 is 0 Å². The van der Waals surface area contributed by atoms with Crippen LogP contribution in [0.25, 0.3) is 0 Å². The van der Waals surface area contributed by atoms with Crippen molar-refractivity contribution >= 4 is 22.4 Å². The summed E-state index contributed by atoms with van der Waals surface area (Å²) < 4.78 is 10.3. The Morgan fingerprint density at radius 3 is 2.71 bits per heavy atom. The van der Waals surface area contributed by atoms with E-state index in [1.54, 1.807) is 7.11 Å². The number of benzene rings is 1. The van der Waals surface area contributed by atoms with Gasteiger partial charge in [0.15, 0.2) is 0 Å². The summed E-state index contributed by atoms with van der Waals surface area (Å²) in [4.78, 5) is 11.9. The molecule has 7 heteroatoms. The van der Waals surface area contributed by atoms with Crippen molar-refractivity contribution in [2.75, 3.05) is 19.0 Å². The Balaban J connectivity index is 1.88. The molecule has 0 aliphatic carbocycles. The van der Waals surface area contributed by atoms with Crippen LogP contribution < -0.4 is 10.1 Å². The van der Waals surface area contributed by atoms with Crippen molar-refractivity contribution in [2.45, 2.75) is 20.0 Å². The number of methoxy groups -OCH3 is 1. The Hall–Kier alpha value is -1.99. The van der Waals surface area contributed by atoms with Gasteiger partial charge >= 0.3 is 0 Å². The van der Waals surface area contributed by atoms with Gasteiger partial charge in [0.1, 0.15) is 17.4 Å². The molecule has 2 aromatic rings. The fourth-order valence-corrected chi connectivity index (χ4v) is 2.43. The van der Waals surface area contributed by atoms with Gasteiger partial charge in [-0.3, -0.25) is 4.79 Å². The highest BCUT2D eigenvalue weighted by Crippen LogP contribution is 2.17. The smallest absolute Gasteiger partial charge is 0.230 e. The Labute approximate surface area is 127 Å². The monoisotopic (exact) mass is 307 g/mol. The van der Waals surface area contributed by atoms with Gasteiger partial charge in [0.05, 0.1) is 13.0 Å². The number of hydrogen-bond acceptors (Lipinski definition) is 6. The zero-order valence-electron chi connectivity index (χ0n) is 12.0. The van der Waals surface area contributed by atoms with Gasteiger partial charge in [-0.2, -0.15) is 0 Å². The van der Waals surface area contributed by atoms with E-state index in [0.717, 1.165) is 16.3 Å². The van der Waals surface area contributed by atoms with Crippen molar-refractivity contribution < 1.29 is 14.3 Å². The van der Waals surface area contributed by atoms with Crippen LogP contribution in [0.4, 0.5) is 5.13 Å². The van der Waals surface area contributed by atoms with Crippen molar-refractivity contribution in [3.05, 3.63) is 34.8 Å². The number of carbonyl (C=O) groups is 1. The van der Waals surface area contributed by atoms with E-state index in [1.807, 2.05) is 31.2 Å². The van der Waals surface area contributed by atoms with Crippen molar-refractivity contribution in [1.82, 2.24) is 10.2 Å². The van der Waals surface area contributed by atoms with Crippen molar-refractivity contribution in [2.24, 2.45) is 0 Å². The van der Waals surface area contributed by atoms with Crippen LogP contribution in [0.5, 0.6) is 5.75 Å². The molecule has 1 amide bonds. The lowest BCUT2D eigenvalue weighted by Crippen LogP contribution is -2.14. The minimum absolute atomic E-state index is 0.126. The van der Waals surface area contributed by atoms with Gasteiger partial charge < -0.3 is 14.8 Å². The molecule has 0 saturated carbocycles. The van der Waals surface area contributed by atoms with Crippen LogP contribution in [0.2, 0.25) is 0 Å². The third-order valence-corrected chi connectivity index (χ3v) is 3.39. The van der Waals surface area contributed by atoms with E-state index in [2.05, 4.69) is 15.5 Å². The van der Waals surface area contributed by atoms with Crippen LogP contribution in [0.1, 0.15) is 17.5 Å². The maximum absolute atomic E-state index is 11.9. The SMILES string of the molecule is CCOc1ccc(CC(=O)Nc2nnc(COC)s2)cc1. The summed E-state index contributed by atoms with van der Waals surface area (Å²) in [5, 5.41) is 11.7. The third-order valence-electron chi connectivity index (χ3n) is 2.58. The van der Waals surface area contributed by atoms with Crippen LogP contribution in [0.15, 0.2) is 24.3 Å². The number of carbonyl (C=O) groups excluding carboxylic acids is 1. The summed E-state index contributed by atoms with van der Waals surface area (Å²) in [7, 11) is 1.59. The molecule has 112 valence electrons. The van der Waals surface area contributed by atoms with Crippen LogP contribution in [0, 0.1) is 0 Å². The Morgan fingerprint density at radius 2 is 2.05 bits per heavy atom. The number of nitrogens with zero attached hydrogens (tertiary/aromatic N) is 2. The lowest BCUT2D eigenvalue weighted by atomic mass is 10.1. The highest BCUT2D eigenvalue weighted by Gasteiger charge is 2.09. The van der Waals surface area contributed by atoms with Crippen molar-refractivity contribution in [3.63, 3.8) is 0 Å². The standard InChI is InChI=1S/C14H17N3O3S/c1-3-20-11-6-4-10(5-7-11)8-12(18)15-14-17-16-13(21-14)9-19-2/h4-7H,3,8-9H2,1-2H3,(H,15,17,18). The number of nitrogens with one attached hydrogen (secondary N) is 1. The zero-order chi connectivity index (χ0) is 15.1. The molecular formula is C14H17N3O3S. The number of rotatable bonds is 7. The summed E-state index contributed by atoms with van der Waals surface area (Å²) in [5.41, 5.74) is 0.914. The molecule has 0 bridgehead atoms. The first-order chi connectivity index (χ1) is 10.2. The van der Waals surface area contributed by atoms with Gasteiger partial charge in [0.25, 0.3) is 0 Å². The first-order valence-electron chi connectivity index (χ1n) is 6.54. The molecule has 1 N–H and O–H groups in total. The lowest BCUT2D eigenvalue weighted by Gasteiger charge is -2.04. The molecule has 0 aliphatic rings. The molecular weight excluding hydrogens is 290 g/mol. The van der Waals surface area contributed by atoms with Crippen LogP contribution in [-0.2, 0) is 22.6 Å². The number of hydrogen-bond donors (Lipinski definition) is 1. The molecule has 0 unspecified atom stereocenters. The predicted octanol–water partition coefficient (Wildman–Crippen LogP) is 2.26. The minimum atomic E-state index is -0.126. The molecule has 6 nitrogen and oxygen atoms in total. The Kier molecular flexibility index (Phi) is 5.65. The van der Waals surface area contributed by atoms with Gasteiger partial charge in [0.2, 0.25) is 11.0 Å². The minimum Gasteiger partial charge on any atom is -0.494 e. The van der Waals surface area contributed by atoms with E-state index in [4.69, 9.17) is 9.47 Å². The Bertz CT molecular complexity index is 583. The molecule has 1 aromatic heterocycles. The van der Waals surface area contributed by atoms with Crippen molar-refractivity contribution in [3.8, 4) is 5.75 Å². The van der Waals surface area contributed by atoms with E-state index in [1.165, 1.54) is 11.3 Å². The molecule has 1 heterocycles. The van der Waals surface area contributed by atoms with E-state index in [0.29, 0.717) is 18.3 Å². The van der Waals surface area contributed by atoms with Gasteiger partial charge in [-0.1, -0.05) is 23.5 Å². The maximum Gasteiger partial charge on any atom is 0.230 e. The van der Waals surface area contributed by atoms with E-state index in [9.17, 15) is 4.79 Å². The zero-order valence-corrected chi connectivity index (χ0v) is 12.8. The number of anilines is 1. The van der Waals surface area contributed by atoms with E-state index in [-0.39, 0.29) is 12.3 Å². The average molecular weight is 307 g/mol. The highest BCUT2D eigenvalue weighted by atomic mass is 32.1. The molecule has 0 atom stereocenters. The molecule has 0 saturated heterocycles. The number of ether oxygens (including phenoxy) is 2. The summed E-state index contributed by atoms with van der Waals surface area (Å²) >= 11 is 1.31. The number of amides is 1. The average Bonchev–Trinajstić information content (AvgIpc) is 2.89. The summed E-state index contributed by atoms with van der Waals surface area (Å²) in [6, 6.07) is 7.46. The first kappa shape index (κ1) is 15.4. The molecule has 0 radical (unpaired) electrons. The van der Waals surface area contributed by atoms with Gasteiger partial charge in [-0.15, -0.1) is 10.2 Å². The largest absolute Gasteiger partial charge is 0.494 e. The fourth-order valence-electron chi connectivity index (χ4n) is 1.70. The lowest BCUT2D eigenvalue weighted by molar-refractivity contribution is -0.115. The second kappa shape index (κ2) is 7.70. The second-order valence-corrected chi connectivity index (χ2v) is 5.30. The van der Waals surface area contributed by atoms with Crippen LogP contribution in [0.3, 0.4) is 0 Å². The predicted molar refractivity (Wildman–Crippen MR) is 80.6 cm³/mol. The topological polar surface area (TPSA) is 73.3 Å². The second-order valence-electron chi connectivity index (χ2n) is 4.24. The highest BCUT2D eigenvalue weighted by molar-refractivity contribution is 7.15. The molecule has 0 fully saturated rings. The van der Waals surface area contributed by atoms with E-state index >= 15 is 0 Å². The fraction of sp³-hybridized carbons (Fsp3) is 0.357. The van der Waals surface area contributed by atoms with Crippen LogP contribution in [-0.4, -0.2) is 29.8 Å². The summed E-state index contributed by atoms with van der Waals surface area (Å²) in [6.07, 6.45) is 0.283. The molecule has 0 spiro atoms. The Morgan fingerprint density at radius 1 is 1.29 bits per heavy atom. The summed E-state index contributed by atoms with van der Waals surface area (Å²) in [5.74, 6) is 0.675. The molecule has 0 aliphatic heterocycles. The third kappa shape index (κ3) is 4.80. The maximum atomic E-state index is 11.9. The number of aromatic nitrogens is 2. The van der Waals surface area contributed by atoms with Crippen LogP contribution >= 0.6 is 11.3 Å². The molecule has 21 heavy (non-hydrogen) atoms. The first-order valence-corrected chi connectivity index (χ1v) is 7.35. The van der Waals surface area contributed by atoms with Gasteiger partial charge in [0, 0.05) is 7.11 Å². The van der Waals surface area contributed by atoms with Gasteiger partial charge in [-0.25, -0.2) is 0 Å².